The highest BCUT2D eigenvalue weighted by molar-refractivity contribution is 5.99. The number of piperidine rings is 1. The van der Waals surface area contributed by atoms with Gasteiger partial charge in [-0.2, -0.15) is 10.2 Å². The number of carbonyl (C=O) groups is 2. The average Bonchev–Trinajstić information content (AvgIpc) is 3.40. The number of aromatic amines is 1. The first-order valence-corrected chi connectivity index (χ1v) is 11.0. The molecule has 31 heavy (non-hydrogen) atoms. The molecule has 162 valence electrons. The summed E-state index contributed by atoms with van der Waals surface area (Å²) >= 11 is 0. The highest BCUT2D eigenvalue weighted by Crippen LogP contribution is 2.33. The van der Waals surface area contributed by atoms with Gasteiger partial charge in [0.25, 0.3) is 11.8 Å². The summed E-state index contributed by atoms with van der Waals surface area (Å²) in [5.74, 6) is -0.00618. The minimum absolute atomic E-state index is 0.0445. The molecule has 2 N–H and O–H groups in total. The summed E-state index contributed by atoms with van der Waals surface area (Å²) in [5, 5.41) is 15.8. The lowest BCUT2D eigenvalue weighted by molar-refractivity contribution is 0.0603. The zero-order chi connectivity index (χ0) is 21.8. The first-order valence-electron chi connectivity index (χ1n) is 11.0. The summed E-state index contributed by atoms with van der Waals surface area (Å²) in [7, 11) is 0. The van der Waals surface area contributed by atoms with Gasteiger partial charge in [0, 0.05) is 41.2 Å². The Hall–Kier alpha value is -3.16. The maximum Gasteiger partial charge on any atom is 0.270 e. The lowest BCUT2D eigenvalue weighted by Crippen LogP contribution is -2.59. The van der Waals surface area contributed by atoms with E-state index in [4.69, 9.17) is 0 Å². The molecule has 0 saturated carbocycles. The fourth-order valence-corrected chi connectivity index (χ4v) is 5.03. The van der Waals surface area contributed by atoms with E-state index in [0.29, 0.717) is 24.3 Å². The summed E-state index contributed by atoms with van der Waals surface area (Å²) < 4.78 is 1.80. The van der Waals surface area contributed by atoms with Crippen molar-refractivity contribution in [2.75, 3.05) is 13.1 Å². The second-order valence-corrected chi connectivity index (χ2v) is 9.08. The second kappa shape index (κ2) is 7.21. The van der Waals surface area contributed by atoms with Crippen LogP contribution >= 0.6 is 0 Å². The second-order valence-electron chi connectivity index (χ2n) is 9.08. The van der Waals surface area contributed by atoms with Gasteiger partial charge in [-0.3, -0.25) is 19.4 Å². The number of H-pyrrole nitrogens is 1. The Kier molecular flexibility index (Phi) is 4.60. The summed E-state index contributed by atoms with van der Waals surface area (Å²) in [5.41, 5.74) is 4.19. The molecule has 2 amide bonds. The van der Waals surface area contributed by atoms with Crippen molar-refractivity contribution in [3.8, 4) is 0 Å². The van der Waals surface area contributed by atoms with Gasteiger partial charge in [-0.1, -0.05) is 6.92 Å². The van der Waals surface area contributed by atoms with Gasteiger partial charge >= 0.3 is 0 Å². The molecule has 8 nitrogen and oxygen atoms in total. The fourth-order valence-electron chi connectivity index (χ4n) is 5.03. The first-order chi connectivity index (χ1) is 14.9. The van der Waals surface area contributed by atoms with Crippen molar-refractivity contribution in [1.82, 2.24) is 30.2 Å². The number of likely N-dealkylation sites (tertiary alicyclic amines) is 1. The third kappa shape index (κ3) is 3.21. The maximum atomic E-state index is 13.2. The van der Waals surface area contributed by atoms with Crippen LogP contribution < -0.4 is 5.32 Å². The molecule has 4 heterocycles. The molecule has 3 aromatic rings. The smallest absolute Gasteiger partial charge is 0.270 e. The first kappa shape index (κ1) is 19.8. The number of aryl methyl sites for hydroxylation is 1. The van der Waals surface area contributed by atoms with Crippen LogP contribution in [0.15, 0.2) is 24.5 Å². The predicted octanol–water partition coefficient (Wildman–Crippen LogP) is 2.86. The topological polar surface area (TPSA) is 95.9 Å². The van der Waals surface area contributed by atoms with Gasteiger partial charge < -0.3 is 10.2 Å². The largest absolute Gasteiger partial charge is 0.345 e. The van der Waals surface area contributed by atoms with E-state index in [1.165, 1.54) is 0 Å². The molecule has 5 rings (SSSR count). The third-order valence-corrected chi connectivity index (χ3v) is 6.75. The zero-order valence-electron chi connectivity index (χ0n) is 18.2. The van der Waals surface area contributed by atoms with E-state index in [1.54, 1.807) is 10.9 Å². The summed E-state index contributed by atoms with van der Waals surface area (Å²) in [4.78, 5) is 28.0. The van der Waals surface area contributed by atoms with E-state index in [1.807, 2.05) is 37.1 Å². The van der Waals surface area contributed by atoms with E-state index in [0.717, 1.165) is 47.7 Å². The van der Waals surface area contributed by atoms with Crippen LogP contribution in [0.1, 0.15) is 71.6 Å². The van der Waals surface area contributed by atoms with Gasteiger partial charge in [0.05, 0.1) is 17.9 Å². The molecule has 1 aromatic carbocycles. The molecule has 0 radical (unpaired) electrons. The van der Waals surface area contributed by atoms with Gasteiger partial charge in [-0.05, 0) is 57.2 Å². The molecular formula is C23H28N6O2. The van der Waals surface area contributed by atoms with Crippen molar-refractivity contribution in [3.05, 3.63) is 46.9 Å². The van der Waals surface area contributed by atoms with Crippen LogP contribution in [0.2, 0.25) is 0 Å². The number of amides is 2. The predicted molar refractivity (Wildman–Crippen MR) is 117 cm³/mol. The Balaban J connectivity index is 1.33. The molecule has 1 saturated heterocycles. The number of rotatable bonds is 3. The standard InChI is InChI=1S/C23H28N6O2/c1-4-15-9-16(10-17-12-24-27-19(15)17)22(31)28-7-5-23(6-8-28)11-18-13-25-29(14(2)3)20(18)21(30)26-23/h9-10,12-14H,4-8,11H2,1-3H3,(H,24,27)(H,26,30). The van der Waals surface area contributed by atoms with E-state index in [-0.39, 0.29) is 23.4 Å². The summed E-state index contributed by atoms with van der Waals surface area (Å²) in [6, 6.07) is 4.03. The Morgan fingerprint density at radius 1 is 1.23 bits per heavy atom. The number of hydrogen-bond donors (Lipinski definition) is 2. The molecule has 2 aromatic heterocycles. The zero-order valence-corrected chi connectivity index (χ0v) is 18.2. The van der Waals surface area contributed by atoms with Crippen molar-refractivity contribution in [3.63, 3.8) is 0 Å². The number of carbonyl (C=O) groups excluding carboxylic acids is 2. The fraction of sp³-hybridized carbons (Fsp3) is 0.478. The molecule has 2 aliphatic rings. The number of nitrogens with one attached hydrogen (secondary N) is 2. The molecule has 8 heteroatoms. The Bertz CT molecular complexity index is 1170. The van der Waals surface area contributed by atoms with E-state index in [9.17, 15) is 9.59 Å². The van der Waals surface area contributed by atoms with E-state index in [2.05, 4.69) is 27.5 Å². The highest BCUT2D eigenvalue weighted by atomic mass is 16.2. The average molecular weight is 421 g/mol. The van der Waals surface area contributed by atoms with E-state index >= 15 is 0 Å². The lowest BCUT2D eigenvalue weighted by atomic mass is 9.79. The quantitative estimate of drug-likeness (QED) is 0.681. The Morgan fingerprint density at radius 2 is 2.00 bits per heavy atom. The molecule has 1 fully saturated rings. The van der Waals surface area contributed by atoms with Crippen molar-refractivity contribution in [2.45, 2.75) is 58.0 Å². The van der Waals surface area contributed by atoms with Crippen molar-refractivity contribution < 1.29 is 9.59 Å². The number of nitrogens with zero attached hydrogens (tertiary/aromatic N) is 4. The summed E-state index contributed by atoms with van der Waals surface area (Å²) in [6.45, 7) is 7.38. The third-order valence-electron chi connectivity index (χ3n) is 6.75. The van der Waals surface area contributed by atoms with Crippen LogP contribution in [0.5, 0.6) is 0 Å². The Morgan fingerprint density at radius 3 is 2.71 bits per heavy atom. The molecular weight excluding hydrogens is 392 g/mol. The normalized spacial score (nSPS) is 17.9. The molecule has 2 aliphatic heterocycles. The van der Waals surface area contributed by atoms with Crippen LogP contribution in [0.25, 0.3) is 10.9 Å². The van der Waals surface area contributed by atoms with Crippen molar-refractivity contribution in [1.29, 1.82) is 0 Å². The maximum absolute atomic E-state index is 13.2. The van der Waals surface area contributed by atoms with Gasteiger partial charge in [0.2, 0.25) is 0 Å². The lowest BCUT2D eigenvalue weighted by Gasteiger charge is -2.44. The van der Waals surface area contributed by atoms with Crippen LogP contribution in [-0.4, -0.2) is 55.3 Å². The van der Waals surface area contributed by atoms with Gasteiger partial charge in [0.15, 0.2) is 0 Å². The van der Waals surface area contributed by atoms with Gasteiger partial charge in [-0.25, -0.2) is 0 Å². The summed E-state index contributed by atoms with van der Waals surface area (Å²) in [6.07, 6.45) is 6.69. The number of benzene rings is 1. The Labute approximate surface area is 181 Å². The van der Waals surface area contributed by atoms with Crippen LogP contribution in [-0.2, 0) is 12.8 Å². The molecule has 1 spiro atoms. The van der Waals surface area contributed by atoms with Crippen molar-refractivity contribution >= 4 is 22.7 Å². The number of hydrogen-bond acceptors (Lipinski definition) is 4. The van der Waals surface area contributed by atoms with Crippen LogP contribution in [0.3, 0.4) is 0 Å². The van der Waals surface area contributed by atoms with E-state index < -0.39 is 0 Å². The highest BCUT2D eigenvalue weighted by Gasteiger charge is 2.43. The van der Waals surface area contributed by atoms with Gasteiger partial charge in [-0.15, -0.1) is 0 Å². The molecule has 0 aliphatic carbocycles. The van der Waals surface area contributed by atoms with Gasteiger partial charge in [0.1, 0.15) is 5.69 Å². The number of fused-ring (bicyclic) bond motifs is 2. The molecule has 0 unspecified atom stereocenters. The van der Waals surface area contributed by atoms with Crippen LogP contribution in [0.4, 0.5) is 0 Å². The monoisotopic (exact) mass is 420 g/mol. The SMILES string of the molecule is CCc1cc(C(=O)N2CCC3(CC2)Cc2cnn(C(C)C)c2C(=O)N3)cc2cn[nH]c12. The minimum Gasteiger partial charge on any atom is -0.345 e. The van der Waals surface area contributed by atoms with Crippen LogP contribution in [0, 0.1) is 0 Å². The molecule has 0 atom stereocenters. The van der Waals surface area contributed by atoms with Crippen molar-refractivity contribution in [2.24, 2.45) is 0 Å². The molecule has 0 bridgehead atoms. The number of aromatic nitrogens is 4. The minimum atomic E-state index is -0.297.